The summed E-state index contributed by atoms with van der Waals surface area (Å²) in [5.41, 5.74) is 7.39. The van der Waals surface area contributed by atoms with Crippen LogP contribution in [-0.4, -0.2) is 11.2 Å². The van der Waals surface area contributed by atoms with E-state index >= 15 is 0 Å². The number of pyridine rings is 1. The van der Waals surface area contributed by atoms with Gasteiger partial charge in [-0.05, 0) is 55.9 Å². The van der Waals surface area contributed by atoms with Gasteiger partial charge in [-0.3, -0.25) is 4.98 Å². The zero-order chi connectivity index (χ0) is 15.0. The average molecular weight is 293 g/mol. The predicted octanol–water partition coefficient (Wildman–Crippen LogP) is 5.55. The van der Waals surface area contributed by atoms with Crippen LogP contribution in [0.5, 0.6) is 0 Å². The molecule has 0 saturated carbocycles. The maximum atomic E-state index is 4.87. The van der Waals surface area contributed by atoms with E-state index in [9.17, 15) is 0 Å². The van der Waals surface area contributed by atoms with Crippen LogP contribution >= 0.6 is 11.8 Å². The molecule has 0 aliphatic carbocycles. The summed E-state index contributed by atoms with van der Waals surface area (Å²) in [4.78, 5) is 6.11. The number of rotatable bonds is 2. The number of para-hydroxylation sites is 1. The van der Waals surface area contributed by atoms with E-state index < -0.39 is 0 Å². The van der Waals surface area contributed by atoms with Crippen LogP contribution in [0.2, 0.25) is 0 Å². The van der Waals surface area contributed by atoms with Gasteiger partial charge in [0.1, 0.15) is 0 Å². The fourth-order valence-electron chi connectivity index (χ4n) is 2.74. The van der Waals surface area contributed by atoms with Crippen molar-refractivity contribution >= 4 is 22.7 Å². The quantitative estimate of drug-likeness (QED) is 0.575. The van der Waals surface area contributed by atoms with Crippen LogP contribution in [-0.2, 0) is 0 Å². The van der Waals surface area contributed by atoms with Gasteiger partial charge in [0.2, 0.25) is 0 Å². The van der Waals surface area contributed by atoms with Gasteiger partial charge in [-0.25, -0.2) is 0 Å². The minimum absolute atomic E-state index is 1.10. The molecule has 0 amide bonds. The third kappa shape index (κ3) is 2.44. The van der Waals surface area contributed by atoms with Crippen molar-refractivity contribution in [2.24, 2.45) is 0 Å². The zero-order valence-electron chi connectivity index (χ0n) is 12.9. The lowest BCUT2D eigenvalue weighted by Crippen LogP contribution is -1.94. The Bertz CT molecular complexity index is 821. The van der Waals surface area contributed by atoms with E-state index in [0.717, 1.165) is 11.2 Å². The molecular formula is C19H19NS. The van der Waals surface area contributed by atoms with Crippen LogP contribution in [0.4, 0.5) is 0 Å². The van der Waals surface area contributed by atoms with Gasteiger partial charge in [0.25, 0.3) is 0 Å². The SMILES string of the molecule is CSc1cccc2cc(-c3cccc(C)c3C)c(C)nc12. The summed E-state index contributed by atoms with van der Waals surface area (Å²) in [7, 11) is 0. The molecule has 0 aliphatic rings. The molecule has 3 aromatic rings. The van der Waals surface area contributed by atoms with Crippen LogP contribution in [0.3, 0.4) is 0 Å². The highest BCUT2D eigenvalue weighted by atomic mass is 32.2. The number of fused-ring (bicyclic) bond motifs is 1. The summed E-state index contributed by atoms with van der Waals surface area (Å²) in [6, 6.07) is 15.1. The summed E-state index contributed by atoms with van der Waals surface area (Å²) in [5.74, 6) is 0. The van der Waals surface area contributed by atoms with Crippen molar-refractivity contribution in [1.82, 2.24) is 4.98 Å². The first kappa shape index (κ1) is 14.2. The molecule has 2 aromatic carbocycles. The smallest absolute Gasteiger partial charge is 0.0841 e. The molecule has 0 atom stereocenters. The van der Waals surface area contributed by atoms with Crippen LogP contribution in [0.25, 0.3) is 22.0 Å². The number of hydrogen-bond acceptors (Lipinski definition) is 2. The van der Waals surface area contributed by atoms with Crippen molar-refractivity contribution in [3.8, 4) is 11.1 Å². The van der Waals surface area contributed by atoms with E-state index in [2.05, 4.69) is 69.5 Å². The minimum atomic E-state index is 1.10. The molecule has 3 rings (SSSR count). The Labute approximate surface area is 130 Å². The van der Waals surface area contributed by atoms with E-state index in [1.165, 1.54) is 32.5 Å². The Hall–Kier alpha value is -1.80. The molecular weight excluding hydrogens is 274 g/mol. The lowest BCUT2D eigenvalue weighted by Gasteiger charge is -2.13. The molecule has 1 heterocycles. The molecule has 2 heteroatoms. The van der Waals surface area contributed by atoms with Gasteiger partial charge in [0.15, 0.2) is 0 Å². The molecule has 0 saturated heterocycles. The number of aromatic nitrogens is 1. The van der Waals surface area contributed by atoms with Gasteiger partial charge in [0.05, 0.1) is 5.52 Å². The Morgan fingerprint density at radius 2 is 1.67 bits per heavy atom. The lowest BCUT2D eigenvalue weighted by molar-refractivity contribution is 1.22. The molecule has 21 heavy (non-hydrogen) atoms. The molecule has 106 valence electrons. The van der Waals surface area contributed by atoms with Crippen molar-refractivity contribution in [3.63, 3.8) is 0 Å². The molecule has 1 aromatic heterocycles. The number of aryl methyl sites for hydroxylation is 2. The van der Waals surface area contributed by atoms with E-state index in [-0.39, 0.29) is 0 Å². The maximum Gasteiger partial charge on any atom is 0.0841 e. The summed E-state index contributed by atoms with van der Waals surface area (Å²) in [6.45, 7) is 6.45. The first-order valence-corrected chi connectivity index (χ1v) is 8.35. The second-order valence-electron chi connectivity index (χ2n) is 5.40. The monoisotopic (exact) mass is 293 g/mol. The highest BCUT2D eigenvalue weighted by Gasteiger charge is 2.10. The van der Waals surface area contributed by atoms with Gasteiger partial charge in [0, 0.05) is 21.5 Å². The van der Waals surface area contributed by atoms with Crippen molar-refractivity contribution in [2.45, 2.75) is 25.7 Å². The van der Waals surface area contributed by atoms with Crippen LogP contribution < -0.4 is 0 Å². The van der Waals surface area contributed by atoms with E-state index in [1.54, 1.807) is 11.8 Å². The first-order chi connectivity index (χ1) is 10.1. The van der Waals surface area contributed by atoms with Gasteiger partial charge < -0.3 is 0 Å². The van der Waals surface area contributed by atoms with E-state index in [4.69, 9.17) is 4.98 Å². The number of benzene rings is 2. The molecule has 1 nitrogen and oxygen atoms in total. The van der Waals surface area contributed by atoms with Crippen LogP contribution in [0, 0.1) is 20.8 Å². The second kappa shape index (κ2) is 5.53. The Morgan fingerprint density at radius 3 is 2.43 bits per heavy atom. The zero-order valence-corrected chi connectivity index (χ0v) is 13.7. The molecule has 0 fully saturated rings. The summed E-state index contributed by atoms with van der Waals surface area (Å²) in [6.07, 6.45) is 2.10. The second-order valence-corrected chi connectivity index (χ2v) is 6.25. The molecule has 0 radical (unpaired) electrons. The van der Waals surface area contributed by atoms with Crippen LogP contribution in [0.1, 0.15) is 16.8 Å². The Morgan fingerprint density at radius 1 is 0.905 bits per heavy atom. The standard InChI is InChI=1S/C19H19NS/c1-12-7-5-9-16(13(12)2)17-11-15-8-6-10-18(21-4)19(15)20-14(17)3/h5-11H,1-4H3. The fourth-order valence-corrected chi connectivity index (χ4v) is 3.32. The van der Waals surface area contributed by atoms with Crippen molar-refractivity contribution in [3.05, 3.63) is 59.3 Å². The minimum Gasteiger partial charge on any atom is -0.251 e. The Balaban J connectivity index is 2.29. The molecule has 0 aliphatic heterocycles. The number of thioether (sulfide) groups is 1. The van der Waals surface area contributed by atoms with Crippen molar-refractivity contribution in [2.75, 3.05) is 6.26 Å². The maximum absolute atomic E-state index is 4.87. The molecule has 0 N–H and O–H groups in total. The highest BCUT2D eigenvalue weighted by Crippen LogP contribution is 2.32. The Kier molecular flexibility index (Phi) is 3.73. The number of nitrogens with zero attached hydrogens (tertiary/aromatic N) is 1. The summed E-state index contributed by atoms with van der Waals surface area (Å²) in [5, 5.41) is 1.21. The van der Waals surface area contributed by atoms with Gasteiger partial charge in [-0.15, -0.1) is 11.8 Å². The normalized spacial score (nSPS) is 11.0. The van der Waals surface area contributed by atoms with Crippen LogP contribution in [0.15, 0.2) is 47.4 Å². The topological polar surface area (TPSA) is 12.9 Å². The number of hydrogen-bond donors (Lipinski definition) is 0. The summed E-state index contributed by atoms with van der Waals surface area (Å²) >= 11 is 1.75. The summed E-state index contributed by atoms with van der Waals surface area (Å²) < 4.78 is 0. The molecule has 0 unspecified atom stereocenters. The van der Waals surface area contributed by atoms with Gasteiger partial charge in [-0.1, -0.05) is 30.3 Å². The lowest BCUT2D eigenvalue weighted by atomic mass is 9.95. The third-order valence-electron chi connectivity index (χ3n) is 4.11. The molecule has 0 bridgehead atoms. The van der Waals surface area contributed by atoms with Crippen molar-refractivity contribution in [1.29, 1.82) is 0 Å². The largest absolute Gasteiger partial charge is 0.251 e. The van der Waals surface area contributed by atoms with E-state index in [1.807, 2.05) is 0 Å². The van der Waals surface area contributed by atoms with Gasteiger partial charge in [-0.2, -0.15) is 0 Å². The third-order valence-corrected chi connectivity index (χ3v) is 4.88. The fraction of sp³-hybridized carbons (Fsp3) is 0.211. The van der Waals surface area contributed by atoms with E-state index in [0.29, 0.717) is 0 Å². The first-order valence-electron chi connectivity index (χ1n) is 7.12. The van der Waals surface area contributed by atoms with Crippen molar-refractivity contribution < 1.29 is 0 Å². The average Bonchev–Trinajstić information content (AvgIpc) is 2.49. The van der Waals surface area contributed by atoms with Gasteiger partial charge >= 0.3 is 0 Å². The molecule has 0 spiro atoms. The highest BCUT2D eigenvalue weighted by molar-refractivity contribution is 7.98. The predicted molar refractivity (Wildman–Crippen MR) is 93.2 cm³/mol.